The van der Waals surface area contributed by atoms with Crippen LogP contribution in [0.25, 0.3) is 0 Å². The molecule has 0 aliphatic rings. The van der Waals surface area contributed by atoms with Crippen LogP contribution in [0.2, 0.25) is 0 Å². The van der Waals surface area contributed by atoms with Gasteiger partial charge in [-0.1, -0.05) is 32.8 Å². The molecule has 0 saturated heterocycles. The summed E-state index contributed by atoms with van der Waals surface area (Å²) in [5, 5.41) is 21.8. The third kappa shape index (κ3) is 40.5. The van der Waals surface area contributed by atoms with E-state index in [4.69, 9.17) is 15.6 Å². The second-order valence-electron chi connectivity index (χ2n) is 3.11. The van der Waals surface area contributed by atoms with E-state index in [0.29, 0.717) is 0 Å². The Balaban J connectivity index is -0.000000174. The largest absolute Gasteiger partial charge is 0.481 e. The van der Waals surface area contributed by atoms with Crippen LogP contribution in [0.4, 0.5) is 0 Å². The predicted molar refractivity (Wildman–Crippen MR) is 68.7 cm³/mol. The number of hydrogen-bond acceptors (Lipinski definition) is 3. The highest BCUT2D eigenvalue weighted by Crippen LogP contribution is 1.91. The van der Waals surface area contributed by atoms with Gasteiger partial charge in [-0.2, -0.15) is 0 Å². The fraction of sp³-hybridized carbons (Fsp3) is 0.583. The molecule has 5 nitrogen and oxygen atoms in total. The summed E-state index contributed by atoms with van der Waals surface area (Å²) < 4.78 is 0. The highest BCUT2D eigenvalue weighted by molar-refractivity contribution is 6.33. The first-order chi connectivity index (χ1) is 7.83. The van der Waals surface area contributed by atoms with E-state index >= 15 is 0 Å². The lowest BCUT2D eigenvalue weighted by molar-refractivity contribution is -0.136. The van der Waals surface area contributed by atoms with Gasteiger partial charge in [0.15, 0.2) is 0 Å². The van der Waals surface area contributed by atoms with Gasteiger partial charge in [0.25, 0.3) is 0 Å². The molecule has 0 aromatic rings. The van der Waals surface area contributed by atoms with Crippen LogP contribution in [-0.4, -0.2) is 27.9 Å². The summed E-state index contributed by atoms with van der Waals surface area (Å²) in [7, 11) is 0. The summed E-state index contributed by atoms with van der Waals surface area (Å²) in [5.74, 6) is -1.90. The van der Waals surface area contributed by atoms with Gasteiger partial charge < -0.3 is 10.2 Å². The molecule has 17 heavy (non-hydrogen) atoms. The van der Waals surface area contributed by atoms with Crippen LogP contribution >= 0.6 is 0 Å². The molecule has 0 atom stereocenters. The Morgan fingerprint density at radius 1 is 1.29 bits per heavy atom. The molecule has 100 valence electrons. The van der Waals surface area contributed by atoms with Crippen molar-refractivity contribution in [1.29, 1.82) is 5.41 Å². The quantitative estimate of drug-likeness (QED) is 0.394. The zero-order chi connectivity index (χ0) is 14.3. The number of hydrogen-bond donors (Lipinski definition) is 3. The first-order valence-corrected chi connectivity index (χ1v) is 5.44. The SMILES string of the molecule is C=CCCCC.CC(=N)C(=O)O.CCC(=O)O. The fourth-order valence-corrected chi connectivity index (χ4v) is 0.348. The van der Waals surface area contributed by atoms with Crippen molar-refractivity contribution in [2.24, 2.45) is 0 Å². The normalized spacial score (nSPS) is 7.71. The zero-order valence-electron chi connectivity index (χ0n) is 10.8. The molecule has 0 saturated carbocycles. The molecule has 0 rings (SSSR count). The monoisotopic (exact) mass is 245 g/mol. The molecule has 0 bridgehead atoms. The molecule has 0 amide bonds. The zero-order valence-corrected chi connectivity index (χ0v) is 10.8. The molecule has 0 aromatic heterocycles. The van der Waals surface area contributed by atoms with Crippen molar-refractivity contribution in [1.82, 2.24) is 0 Å². The third-order valence-corrected chi connectivity index (χ3v) is 1.39. The Kier molecular flexibility index (Phi) is 20.4. The van der Waals surface area contributed by atoms with Gasteiger partial charge in [0.05, 0.1) is 0 Å². The average molecular weight is 245 g/mol. The minimum absolute atomic E-state index is 0.222. The molecule has 0 fully saturated rings. The summed E-state index contributed by atoms with van der Waals surface area (Å²) in [5.41, 5.74) is -0.324. The summed E-state index contributed by atoms with van der Waals surface area (Å²) in [4.78, 5) is 18.8. The summed E-state index contributed by atoms with van der Waals surface area (Å²) >= 11 is 0. The van der Waals surface area contributed by atoms with Crippen LogP contribution in [0.3, 0.4) is 0 Å². The molecule has 0 heterocycles. The Labute approximate surface area is 103 Å². The van der Waals surface area contributed by atoms with E-state index in [-0.39, 0.29) is 12.1 Å². The standard InChI is InChI=1S/C6H12.C3H5NO2.C3H6O2/c1-3-5-6-4-2;1-2(4)3(5)6;1-2-3(4)5/h3H,1,4-6H2,2H3;4H,1H3,(H,5,6);2H2,1H3,(H,4,5). The van der Waals surface area contributed by atoms with Crippen molar-refractivity contribution in [2.75, 3.05) is 0 Å². The van der Waals surface area contributed by atoms with Gasteiger partial charge in [0.2, 0.25) is 0 Å². The lowest BCUT2D eigenvalue weighted by atomic mass is 10.3. The van der Waals surface area contributed by atoms with Gasteiger partial charge in [-0.3, -0.25) is 10.2 Å². The molecule has 5 heteroatoms. The number of rotatable bonds is 5. The van der Waals surface area contributed by atoms with Crippen molar-refractivity contribution >= 4 is 17.7 Å². The lowest BCUT2D eigenvalue weighted by Crippen LogP contribution is -2.04. The van der Waals surface area contributed by atoms with Gasteiger partial charge >= 0.3 is 11.9 Å². The van der Waals surface area contributed by atoms with E-state index in [1.54, 1.807) is 6.92 Å². The first kappa shape index (κ1) is 20.7. The summed E-state index contributed by atoms with van der Waals surface area (Å²) in [6.45, 7) is 8.61. The Morgan fingerprint density at radius 3 is 1.71 bits per heavy atom. The van der Waals surface area contributed by atoms with Crippen molar-refractivity contribution in [2.45, 2.75) is 46.5 Å². The Bertz CT molecular complexity index is 225. The van der Waals surface area contributed by atoms with Gasteiger partial charge in [-0.15, -0.1) is 6.58 Å². The van der Waals surface area contributed by atoms with Crippen LogP contribution in [-0.2, 0) is 9.59 Å². The molecule has 0 aromatic carbocycles. The third-order valence-electron chi connectivity index (χ3n) is 1.39. The van der Waals surface area contributed by atoms with E-state index in [2.05, 4.69) is 13.5 Å². The number of carbonyl (C=O) groups is 2. The number of aliphatic carboxylic acids is 2. The van der Waals surface area contributed by atoms with Crippen LogP contribution in [0.1, 0.15) is 46.5 Å². The van der Waals surface area contributed by atoms with Crippen LogP contribution < -0.4 is 0 Å². The van der Waals surface area contributed by atoms with Crippen LogP contribution in [0.15, 0.2) is 12.7 Å². The molecule has 0 spiro atoms. The van der Waals surface area contributed by atoms with Gasteiger partial charge in [-0.25, -0.2) is 4.79 Å². The van der Waals surface area contributed by atoms with Crippen LogP contribution in [0, 0.1) is 5.41 Å². The predicted octanol–water partition coefficient (Wildman–Crippen LogP) is 2.95. The number of carboxylic acid groups (broad SMARTS) is 2. The van der Waals surface area contributed by atoms with Gasteiger partial charge in [0.1, 0.15) is 5.71 Å². The van der Waals surface area contributed by atoms with E-state index in [0.717, 1.165) is 0 Å². The van der Waals surface area contributed by atoms with Crippen molar-refractivity contribution in [3.63, 3.8) is 0 Å². The maximum Gasteiger partial charge on any atom is 0.349 e. The number of unbranched alkanes of at least 4 members (excludes halogenated alkanes) is 2. The molecule has 3 N–H and O–H groups in total. The number of allylic oxidation sites excluding steroid dienone is 1. The first-order valence-electron chi connectivity index (χ1n) is 5.44. The van der Waals surface area contributed by atoms with Gasteiger partial charge in [0, 0.05) is 6.42 Å². The maximum absolute atomic E-state index is 9.47. The lowest BCUT2D eigenvalue weighted by Gasteiger charge is -1.81. The minimum Gasteiger partial charge on any atom is -0.481 e. The minimum atomic E-state index is -1.16. The highest BCUT2D eigenvalue weighted by Gasteiger charge is 1.93. The fourth-order valence-electron chi connectivity index (χ4n) is 0.348. The van der Waals surface area contributed by atoms with Crippen molar-refractivity contribution in [3.05, 3.63) is 12.7 Å². The van der Waals surface area contributed by atoms with E-state index in [9.17, 15) is 9.59 Å². The van der Waals surface area contributed by atoms with E-state index in [1.165, 1.54) is 26.2 Å². The number of carboxylic acids is 2. The van der Waals surface area contributed by atoms with Crippen molar-refractivity contribution in [3.8, 4) is 0 Å². The highest BCUT2D eigenvalue weighted by atomic mass is 16.4. The molecule has 0 radical (unpaired) electrons. The second-order valence-corrected chi connectivity index (χ2v) is 3.11. The smallest absolute Gasteiger partial charge is 0.349 e. The second kappa shape index (κ2) is 16.8. The van der Waals surface area contributed by atoms with Crippen LogP contribution in [0.5, 0.6) is 0 Å². The molecule has 0 aliphatic heterocycles. The summed E-state index contributed by atoms with van der Waals surface area (Å²) in [6, 6.07) is 0. The molecular formula is C12H23NO4. The number of nitrogens with one attached hydrogen (secondary N) is 1. The Morgan fingerprint density at radius 2 is 1.65 bits per heavy atom. The van der Waals surface area contributed by atoms with E-state index in [1.807, 2.05) is 6.08 Å². The molecule has 0 unspecified atom stereocenters. The summed E-state index contributed by atoms with van der Waals surface area (Å²) in [6.07, 6.45) is 5.94. The molecular weight excluding hydrogens is 222 g/mol. The average Bonchev–Trinajstić information content (AvgIpc) is 2.27. The van der Waals surface area contributed by atoms with Gasteiger partial charge in [-0.05, 0) is 13.3 Å². The molecule has 0 aliphatic carbocycles. The maximum atomic E-state index is 9.47. The van der Waals surface area contributed by atoms with E-state index < -0.39 is 11.9 Å². The Hall–Kier alpha value is -1.65. The topological polar surface area (TPSA) is 98.5 Å². The van der Waals surface area contributed by atoms with Crippen molar-refractivity contribution < 1.29 is 19.8 Å².